The fourth-order valence-electron chi connectivity index (χ4n) is 2.63. The third kappa shape index (κ3) is 3.45. The SMILES string of the molecule is CC(CC1CCCCN1)N(C)c1ccc(F)cc1. The van der Waals surface area contributed by atoms with Crippen LogP contribution in [0.1, 0.15) is 32.6 Å². The van der Waals surface area contributed by atoms with Crippen LogP contribution < -0.4 is 10.2 Å². The minimum Gasteiger partial charge on any atom is -0.372 e. The van der Waals surface area contributed by atoms with Crippen molar-refractivity contribution < 1.29 is 4.39 Å². The molecule has 2 nitrogen and oxygen atoms in total. The van der Waals surface area contributed by atoms with Gasteiger partial charge in [-0.15, -0.1) is 0 Å². The minimum atomic E-state index is -0.172. The van der Waals surface area contributed by atoms with Crippen molar-refractivity contribution >= 4 is 5.69 Å². The second-order valence-corrected chi connectivity index (χ2v) is 5.32. The van der Waals surface area contributed by atoms with Crippen molar-refractivity contribution in [1.29, 1.82) is 0 Å². The Kier molecular flexibility index (Phi) is 4.59. The Hall–Kier alpha value is -1.09. The lowest BCUT2D eigenvalue weighted by Crippen LogP contribution is -2.40. The Morgan fingerprint density at radius 3 is 2.67 bits per heavy atom. The topological polar surface area (TPSA) is 15.3 Å². The molecule has 1 fully saturated rings. The standard InChI is InChI=1S/C15H23FN2/c1-12(11-14-5-3-4-10-17-14)18(2)15-8-6-13(16)7-9-15/h6-9,12,14,17H,3-5,10-11H2,1-2H3. The molecule has 1 heterocycles. The van der Waals surface area contributed by atoms with Crippen molar-refractivity contribution in [2.24, 2.45) is 0 Å². The van der Waals surface area contributed by atoms with Gasteiger partial charge in [0.1, 0.15) is 5.82 Å². The zero-order chi connectivity index (χ0) is 13.0. The van der Waals surface area contributed by atoms with E-state index >= 15 is 0 Å². The summed E-state index contributed by atoms with van der Waals surface area (Å²) in [5.41, 5.74) is 1.08. The van der Waals surface area contributed by atoms with Gasteiger partial charge in [0.15, 0.2) is 0 Å². The molecule has 2 rings (SSSR count). The summed E-state index contributed by atoms with van der Waals surface area (Å²) in [7, 11) is 2.08. The molecule has 1 aromatic carbocycles. The average Bonchev–Trinajstić information content (AvgIpc) is 2.40. The lowest BCUT2D eigenvalue weighted by molar-refractivity contribution is 0.362. The summed E-state index contributed by atoms with van der Waals surface area (Å²) in [5.74, 6) is -0.172. The number of nitrogens with one attached hydrogen (secondary N) is 1. The maximum atomic E-state index is 12.9. The first-order valence-electron chi connectivity index (χ1n) is 6.88. The van der Waals surface area contributed by atoms with E-state index < -0.39 is 0 Å². The molecule has 0 bridgehead atoms. The maximum Gasteiger partial charge on any atom is 0.123 e. The largest absolute Gasteiger partial charge is 0.372 e. The van der Waals surface area contributed by atoms with E-state index in [4.69, 9.17) is 0 Å². The summed E-state index contributed by atoms with van der Waals surface area (Å²) >= 11 is 0. The van der Waals surface area contributed by atoms with Crippen LogP contribution in [0.5, 0.6) is 0 Å². The number of hydrogen-bond acceptors (Lipinski definition) is 2. The molecule has 3 heteroatoms. The third-order valence-electron chi connectivity index (χ3n) is 3.93. The van der Waals surface area contributed by atoms with E-state index in [9.17, 15) is 4.39 Å². The van der Waals surface area contributed by atoms with Crippen molar-refractivity contribution in [2.75, 3.05) is 18.5 Å². The highest BCUT2D eigenvalue weighted by Gasteiger charge is 2.18. The first-order chi connectivity index (χ1) is 8.66. The van der Waals surface area contributed by atoms with Crippen molar-refractivity contribution in [3.8, 4) is 0 Å². The zero-order valence-corrected chi connectivity index (χ0v) is 11.3. The second kappa shape index (κ2) is 6.19. The average molecular weight is 250 g/mol. The van der Waals surface area contributed by atoms with Crippen LogP contribution in [0.25, 0.3) is 0 Å². The Morgan fingerprint density at radius 2 is 2.06 bits per heavy atom. The Morgan fingerprint density at radius 1 is 1.33 bits per heavy atom. The van der Waals surface area contributed by atoms with Gasteiger partial charge in [-0.2, -0.15) is 0 Å². The normalized spacial score (nSPS) is 21.6. The van der Waals surface area contributed by atoms with Crippen LogP contribution in [0.4, 0.5) is 10.1 Å². The summed E-state index contributed by atoms with van der Waals surface area (Å²) in [4.78, 5) is 2.23. The summed E-state index contributed by atoms with van der Waals surface area (Å²) in [5, 5.41) is 3.58. The van der Waals surface area contributed by atoms with Crippen LogP contribution in [0.15, 0.2) is 24.3 Å². The van der Waals surface area contributed by atoms with Gasteiger partial charge < -0.3 is 10.2 Å². The van der Waals surface area contributed by atoms with E-state index in [-0.39, 0.29) is 5.82 Å². The second-order valence-electron chi connectivity index (χ2n) is 5.32. The molecule has 1 aromatic rings. The smallest absolute Gasteiger partial charge is 0.123 e. The highest BCUT2D eigenvalue weighted by atomic mass is 19.1. The van der Waals surface area contributed by atoms with Gasteiger partial charge in [0, 0.05) is 24.8 Å². The van der Waals surface area contributed by atoms with Gasteiger partial charge in [0.05, 0.1) is 0 Å². The number of nitrogens with zero attached hydrogens (tertiary/aromatic N) is 1. The van der Waals surface area contributed by atoms with Crippen LogP contribution in [0.2, 0.25) is 0 Å². The van der Waals surface area contributed by atoms with Gasteiger partial charge in [-0.25, -0.2) is 4.39 Å². The molecule has 0 aliphatic carbocycles. The summed E-state index contributed by atoms with van der Waals surface area (Å²) in [6.45, 7) is 3.39. The molecule has 0 aromatic heterocycles. The molecule has 18 heavy (non-hydrogen) atoms. The highest BCUT2D eigenvalue weighted by Crippen LogP contribution is 2.20. The van der Waals surface area contributed by atoms with E-state index in [2.05, 4.69) is 24.2 Å². The molecule has 1 saturated heterocycles. The number of benzene rings is 1. The van der Waals surface area contributed by atoms with Gasteiger partial charge in [0.2, 0.25) is 0 Å². The molecule has 100 valence electrons. The number of anilines is 1. The molecule has 1 aliphatic heterocycles. The van der Waals surface area contributed by atoms with E-state index in [1.165, 1.54) is 31.4 Å². The van der Waals surface area contributed by atoms with Crippen molar-refractivity contribution in [3.63, 3.8) is 0 Å². The summed E-state index contributed by atoms with van der Waals surface area (Å²) < 4.78 is 12.9. The molecular formula is C15H23FN2. The van der Waals surface area contributed by atoms with Gasteiger partial charge in [-0.05, 0) is 57.0 Å². The van der Waals surface area contributed by atoms with Crippen LogP contribution in [0, 0.1) is 5.82 Å². The Labute approximate surface area is 109 Å². The zero-order valence-electron chi connectivity index (χ0n) is 11.3. The van der Waals surface area contributed by atoms with Crippen molar-refractivity contribution in [2.45, 2.75) is 44.7 Å². The minimum absolute atomic E-state index is 0.172. The molecule has 2 unspecified atom stereocenters. The fraction of sp³-hybridized carbons (Fsp3) is 0.600. The van der Waals surface area contributed by atoms with E-state index in [0.29, 0.717) is 12.1 Å². The molecule has 1 N–H and O–H groups in total. The lowest BCUT2D eigenvalue weighted by Gasteiger charge is -2.32. The Balaban J connectivity index is 1.91. The lowest BCUT2D eigenvalue weighted by atomic mass is 9.98. The van der Waals surface area contributed by atoms with Crippen LogP contribution in [-0.4, -0.2) is 25.7 Å². The van der Waals surface area contributed by atoms with Crippen LogP contribution in [-0.2, 0) is 0 Å². The number of hydrogen-bond donors (Lipinski definition) is 1. The molecule has 0 amide bonds. The van der Waals surface area contributed by atoms with E-state index in [0.717, 1.165) is 18.7 Å². The number of rotatable bonds is 4. The molecule has 0 spiro atoms. The van der Waals surface area contributed by atoms with Crippen molar-refractivity contribution in [1.82, 2.24) is 5.32 Å². The fourth-order valence-corrected chi connectivity index (χ4v) is 2.63. The van der Waals surface area contributed by atoms with E-state index in [1.54, 1.807) is 0 Å². The van der Waals surface area contributed by atoms with Crippen LogP contribution >= 0.6 is 0 Å². The summed E-state index contributed by atoms with van der Waals surface area (Å²) in [6, 6.07) is 7.84. The van der Waals surface area contributed by atoms with Gasteiger partial charge in [0.25, 0.3) is 0 Å². The molecule has 2 atom stereocenters. The summed E-state index contributed by atoms with van der Waals surface area (Å²) in [6.07, 6.45) is 5.07. The number of halogens is 1. The molecule has 1 aliphatic rings. The van der Waals surface area contributed by atoms with Crippen molar-refractivity contribution in [3.05, 3.63) is 30.1 Å². The molecular weight excluding hydrogens is 227 g/mol. The predicted octanol–water partition coefficient (Wildman–Crippen LogP) is 3.18. The van der Waals surface area contributed by atoms with Gasteiger partial charge >= 0.3 is 0 Å². The molecule has 0 radical (unpaired) electrons. The van der Waals surface area contributed by atoms with E-state index in [1.807, 2.05) is 12.1 Å². The maximum absolute atomic E-state index is 12.9. The quantitative estimate of drug-likeness (QED) is 0.883. The first kappa shape index (κ1) is 13.3. The highest BCUT2D eigenvalue weighted by molar-refractivity contribution is 5.46. The molecule has 0 saturated carbocycles. The monoisotopic (exact) mass is 250 g/mol. The third-order valence-corrected chi connectivity index (χ3v) is 3.93. The Bertz CT molecular complexity index is 357. The van der Waals surface area contributed by atoms with Crippen LogP contribution in [0.3, 0.4) is 0 Å². The van der Waals surface area contributed by atoms with Gasteiger partial charge in [-0.3, -0.25) is 0 Å². The predicted molar refractivity (Wildman–Crippen MR) is 74.5 cm³/mol. The van der Waals surface area contributed by atoms with Gasteiger partial charge in [-0.1, -0.05) is 6.42 Å². The first-order valence-corrected chi connectivity index (χ1v) is 6.88. The number of piperidine rings is 1.